The molecule has 0 saturated carbocycles. The summed E-state index contributed by atoms with van der Waals surface area (Å²) in [4.78, 5) is 17.7. The molecular weight excluding hydrogens is 238 g/mol. The van der Waals surface area contributed by atoms with Crippen LogP contribution in [0.25, 0.3) is 0 Å². The summed E-state index contributed by atoms with van der Waals surface area (Å²) in [6, 6.07) is 0. The largest absolute Gasteiger partial charge is 0.481 e. The van der Waals surface area contributed by atoms with E-state index in [-0.39, 0.29) is 0 Å². The number of carboxylic acids is 1. The normalized spacial score (nSPS) is 19.3. The van der Waals surface area contributed by atoms with Crippen LogP contribution in [0.4, 0.5) is 5.13 Å². The van der Waals surface area contributed by atoms with Crippen LogP contribution in [0.5, 0.6) is 0 Å². The van der Waals surface area contributed by atoms with Gasteiger partial charge in [-0.15, -0.1) is 0 Å². The molecular formula is C11H17N3O2S. The van der Waals surface area contributed by atoms with Gasteiger partial charge in [0.1, 0.15) is 5.82 Å². The highest BCUT2D eigenvalue weighted by molar-refractivity contribution is 7.09. The molecule has 1 N–H and O–H groups in total. The minimum Gasteiger partial charge on any atom is -0.481 e. The third kappa shape index (κ3) is 2.41. The van der Waals surface area contributed by atoms with Gasteiger partial charge in [0.15, 0.2) is 0 Å². The molecule has 0 spiro atoms. The lowest BCUT2D eigenvalue weighted by molar-refractivity contribution is -0.149. The van der Waals surface area contributed by atoms with E-state index in [1.807, 2.05) is 13.8 Å². The van der Waals surface area contributed by atoms with Gasteiger partial charge >= 0.3 is 5.97 Å². The Kier molecular flexibility index (Phi) is 3.33. The Balaban J connectivity index is 2.01. The highest BCUT2D eigenvalue weighted by atomic mass is 32.1. The number of hydrogen-bond donors (Lipinski definition) is 1. The highest BCUT2D eigenvalue weighted by Gasteiger charge is 2.37. The molecule has 0 aromatic carbocycles. The number of aliphatic carboxylic acids is 1. The van der Waals surface area contributed by atoms with Gasteiger partial charge in [-0.3, -0.25) is 4.79 Å². The van der Waals surface area contributed by atoms with Crippen LogP contribution in [0.3, 0.4) is 0 Å². The van der Waals surface area contributed by atoms with Gasteiger partial charge in [-0.25, -0.2) is 4.98 Å². The molecule has 1 aromatic heterocycles. The number of carboxylic acid groups (broad SMARTS) is 1. The van der Waals surface area contributed by atoms with Gasteiger partial charge < -0.3 is 10.0 Å². The van der Waals surface area contributed by atoms with Crippen molar-refractivity contribution in [3.05, 3.63) is 5.82 Å². The Morgan fingerprint density at radius 3 is 2.65 bits per heavy atom. The van der Waals surface area contributed by atoms with E-state index in [0.29, 0.717) is 12.8 Å². The van der Waals surface area contributed by atoms with Crippen LogP contribution in [0.2, 0.25) is 0 Å². The quantitative estimate of drug-likeness (QED) is 0.892. The molecule has 6 heteroatoms. The molecule has 17 heavy (non-hydrogen) atoms. The fourth-order valence-corrected chi connectivity index (χ4v) is 2.72. The molecule has 2 rings (SSSR count). The van der Waals surface area contributed by atoms with Gasteiger partial charge in [-0.2, -0.15) is 4.37 Å². The highest BCUT2D eigenvalue weighted by Crippen LogP contribution is 2.33. The topological polar surface area (TPSA) is 66.3 Å². The number of carbonyl (C=O) groups is 1. The van der Waals surface area contributed by atoms with Crippen LogP contribution in [-0.2, 0) is 11.2 Å². The lowest BCUT2D eigenvalue weighted by atomic mass is 9.81. The number of aryl methyl sites for hydroxylation is 1. The number of piperidine rings is 1. The van der Waals surface area contributed by atoms with Gasteiger partial charge in [-0.1, -0.05) is 6.92 Å². The summed E-state index contributed by atoms with van der Waals surface area (Å²) < 4.78 is 4.25. The molecule has 0 atom stereocenters. The van der Waals surface area contributed by atoms with Crippen molar-refractivity contribution in [1.29, 1.82) is 0 Å². The summed E-state index contributed by atoms with van der Waals surface area (Å²) >= 11 is 1.41. The van der Waals surface area contributed by atoms with Crippen molar-refractivity contribution < 1.29 is 9.90 Å². The third-order valence-electron chi connectivity index (χ3n) is 3.43. The van der Waals surface area contributed by atoms with E-state index in [9.17, 15) is 4.79 Å². The summed E-state index contributed by atoms with van der Waals surface area (Å²) in [6.45, 7) is 5.36. The lowest BCUT2D eigenvalue weighted by Crippen LogP contribution is -2.42. The second-order valence-electron chi connectivity index (χ2n) is 4.70. The van der Waals surface area contributed by atoms with Crippen molar-refractivity contribution in [2.45, 2.75) is 33.1 Å². The second kappa shape index (κ2) is 4.60. The first-order valence-corrected chi connectivity index (χ1v) is 6.63. The van der Waals surface area contributed by atoms with E-state index in [2.05, 4.69) is 14.3 Å². The van der Waals surface area contributed by atoms with Crippen LogP contribution in [0.15, 0.2) is 0 Å². The molecule has 0 bridgehead atoms. The van der Waals surface area contributed by atoms with Gasteiger partial charge in [-0.05, 0) is 19.8 Å². The Morgan fingerprint density at radius 2 is 2.18 bits per heavy atom. The van der Waals surface area contributed by atoms with Gasteiger partial charge in [0.2, 0.25) is 5.13 Å². The number of nitrogens with zero attached hydrogens (tertiary/aromatic N) is 3. The molecule has 0 radical (unpaired) electrons. The average Bonchev–Trinajstić information content (AvgIpc) is 2.78. The zero-order valence-corrected chi connectivity index (χ0v) is 11.0. The van der Waals surface area contributed by atoms with E-state index in [0.717, 1.165) is 30.5 Å². The molecule has 0 unspecified atom stereocenters. The van der Waals surface area contributed by atoms with Crippen LogP contribution < -0.4 is 4.90 Å². The van der Waals surface area contributed by atoms with Crippen LogP contribution in [-0.4, -0.2) is 33.5 Å². The minimum absolute atomic E-state index is 0.575. The second-order valence-corrected chi connectivity index (χ2v) is 5.43. The number of hydrogen-bond acceptors (Lipinski definition) is 5. The van der Waals surface area contributed by atoms with Crippen molar-refractivity contribution in [3.63, 3.8) is 0 Å². The SMILES string of the molecule is CCc1nsc(N2CCC(C)(C(=O)O)CC2)n1. The smallest absolute Gasteiger partial charge is 0.309 e. The van der Waals surface area contributed by atoms with Crippen molar-refractivity contribution in [2.24, 2.45) is 5.41 Å². The zero-order valence-electron chi connectivity index (χ0n) is 10.1. The summed E-state index contributed by atoms with van der Waals surface area (Å²) in [7, 11) is 0. The molecule has 1 aromatic rings. The Bertz CT molecular complexity index is 411. The van der Waals surface area contributed by atoms with Gasteiger partial charge in [0.05, 0.1) is 5.41 Å². The first-order valence-electron chi connectivity index (χ1n) is 5.86. The summed E-state index contributed by atoms with van der Waals surface area (Å²) in [5, 5.41) is 10.1. The van der Waals surface area contributed by atoms with E-state index in [4.69, 9.17) is 5.11 Å². The fourth-order valence-electron chi connectivity index (χ4n) is 1.92. The maximum Gasteiger partial charge on any atom is 0.309 e. The summed E-state index contributed by atoms with van der Waals surface area (Å²) in [6.07, 6.45) is 2.18. The number of rotatable bonds is 3. The first-order chi connectivity index (χ1) is 8.05. The minimum atomic E-state index is -0.691. The first kappa shape index (κ1) is 12.3. The fraction of sp³-hybridized carbons (Fsp3) is 0.727. The number of aromatic nitrogens is 2. The third-order valence-corrected chi connectivity index (χ3v) is 4.24. The molecule has 1 saturated heterocycles. The van der Waals surface area contributed by atoms with Crippen molar-refractivity contribution in [2.75, 3.05) is 18.0 Å². The molecule has 2 heterocycles. The maximum absolute atomic E-state index is 11.1. The van der Waals surface area contributed by atoms with Crippen molar-refractivity contribution in [1.82, 2.24) is 9.36 Å². The van der Waals surface area contributed by atoms with E-state index < -0.39 is 11.4 Å². The van der Waals surface area contributed by atoms with E-state index in [1.54, 1.807) is 0 Å². The number of anilines is 1. The van der Waals surface area contributed by atoms with E-state index >= 15 is 0 Å². The Hall–Kier alpha value is -1.17. The average molecular weight is 255 g/mol. The molecule has 0 aliphatic carbocycles. The maximum atomic E-state index is 11.1. The summed E-state index contributed by atoms with van der Waals surface area (Å²) in [5.74, 6) is 0.181. The Labute approximate surface area is 105 Å². The predicted molar refractivity (Wildman–Crippen MR) is 66.5 cm³/mol. The van der Waals surface area contributed by atoms with Gasteiger partial charge in [0, 0.05) is 31.0 Å². The molecule has 1 fully saturated rings. The monoisotopic (exact) mass is 255 g/mol. The molecule has 0 amide bonds. The predicted octanol–water partition coefficient (Wildman–Crippen LogP) is 1.79. The molecule has 1 aliphatic heterocycles. The zero-order chi connectivity index (χ0) is 12.5. The molecule has 1 aliphatic rings. The molecule has 94 valence electrons. The van der Waals surface area contributed by atoms with Crippen LogP contribution in [0, 0.1) is 5.41 Å². The van der Waals surface area contributed by atoms with Gasteiger partial charge in [0.25, 0.3) is 0 Å². The standard InChI is InChI=1S/C11H17N3O2S/c1-3-8-12-10(17-13-8)14-6-4-11(2,5-7-14)9(15)16/h3-7H2,1-2H3,(H,15,16). The van der Waals surface area contributed by atoms with Crippen molar-refractivity contribution in [3.8, 4) is 0 Å². The van der Waals surface area contributed by atoms with Crippen LogP contribution in [0.1, 0.15) is 32.5 Å². The lowest BCUT2D eigenvalue weighted by Gasteiger charge is -2.36. The summed E-state index contributed by atoms with van der Waals surface area (Å²) in [5.41, 5.74) is -0.575. The van der Waals surface area contributed by atoms with E-state index in [1.165, 1.54) is 11.5 Å². The molecule has 5 nitrogen and oxygen atoms in total. The Morgan fingerprint density at radius 1 is 1.53 bits per heavy atom. The van der Waals surface area contributed by atoms with Crippen molar-refractivity contribution >= 4 is 22.6 Å². The van der Waals surface area contributed by atoms with Crippen LogP contribution >= 0.6 is 11.5 Å².